The van der Waals surface area contributed by atoms with Crippen molar-refractivity contribution < 1.29 is 40.9 Å². The van der Waals surface area contributed by atoms with Crippen LogP contribution in [0.3, 0.4) is 0 Å². The molecule has 0 saturated carbocycles. The molecule has 4 aromatic rings. The van der Waals surface area contributed by atoms with E-state index in [1.165, 1.54) is 226 Å². The molecule has 0 aliphatic heterocycles. The van der Waals surface area contributed by atoms with Gasteiger partial charge in [0.05, 0.1) is 13.2 Å². The quantitative estimate of drug-likeness (QED) is 0.0251. The minimum atomic E-state index is 0. The zero-order valence-corrected chi connectivity index (χ0v) is 48.2. The van der Waals surface area contributed by atoms with E-state index in [2.05, 4.69) is 111 Å². The van der Waals surface area contributed by atoms with Gasteiger partial charge in [-0.3, -0.25) is 0 Å². The van der Waals surface area contributed by atoms with Crippen LogP contribution in [0.15, 0.2) is 97.1 Å². The molecule has 72 heavy (non-hydrogen) atoms. The molecule has 404 valence electrons. The highest BCUT2D eigenvalue weighted by molar-refractivity contribution is 5.65. The molecule has 0 radical (unpaired) electrons. The van der Waals surface area contributed by atoms with E-state index in [1.807, 2.05) is 14.1 Å². The molecule has 0 unspecified atom stereocenters. The molecule has 5 nitrogen and oxygen atoms in total. The Bertz CT molecular complexity index is 1680. The van der Waals surface area contributed by atoms with Crippen LogP contribution in [0.5, 0.6) is 11.5 Å². The van der Waals surface area contributed by atoms with Gasteiger partial charge in [-0.25, -0.2) is 0 Å². The van der Waals surface area contributed by atoms with Gasteiger partial charge in [0, 0.05) is 0 Å². The Balaban J connectivity index is 0.0000137. The molecule has 4 aromatic carbocycles. The minimum absolute atomic E-state index is 0. The summed E-state index contributed by atoms with van der Waals surface area (Å²) in [7, 11) is 4.03. The fourth-order valence-electron chi connectivity index (χ4n) is 9.66. The maximum atomic E-state index is 6.08. The van der Waals surface area contributed by atoms with Crippen LogP contribution in [0.1, 0.15) is 230 Å². The maximum Gasteiger partial charge on any atom is 0.132 e. The Hall–Kier alpha value is -3.16. The van der Waals surface area contributed by atoms with Gasteiger partial charge in [0.1, 0.15) is 38.8 Å². The van der Waals surface area contributed by atoms with Crippen molar-refractivity contribution in [1.82, 2.24) is 0 Å². The van der Waals surface area contributed by atoms with E-state index >= 15 is 0 Å². The molecule has 0 amide bonds. The molecular weight excluding hydrogens is 951 g/mol. The molecule has 0 saturated heterocycles. The Labute approximate surface area is 453 Å². The second-order valence-corrected chi connectivity index (χ2v) is 21.2. The molecule has 0 heterocycles. The van der Waals surface area contributed by atoms with Gasteiger partial charge in [0.2, 0.25) is 0 Å². The second kappa shape index (κ2) is 42.1. The van der Waals surface area contributed by atoms with Gasteiger partial charge in [-0.1, -0.05) is 254 Å². The SMILES string of the molecule is CCCCCCCCCCOc1ccc(-c2ccc(CCCCCCCCCCO[N+](C)(C)OCCCCCCCCCCc3ccc(-c4ccc(OCCCCCCCCCC)cc4)cc3)cc2)cc1.[Br-]. The first-order valence-electron chi connectivity index (χ1n) is 29.7. The molecule has 0 spiro atoms. The number of halogens is 1. The molecule has 0 aliphatic rings. The highest BCUT2D eigenvalue weighted by Gasteiger charge is 2.18. The van der Waals surface area contributed by atoms with Gasteiger partial charge >= 0.3 is 0 Å². The van der Waals surface area contributed by atoms with Crippen LogP contribution in [0.4, 0.5) is 0 Å². The van der Waals surface area contributed by atoms with Crippen LogP contribution >= 0.6 is 0 Å². The first-order chi connectivity index (χ1) is 35.0. The number of hydrogen-bond acceptors (Lipinski definition) is 4. The van der Waals surface area contributed by atoms with E-state index in [9.17, 15) is 0 Å². The van der Waals surface area contributed by atoms with Gasteiger partial charge in [0.15, 0.2) is 0 Å². The van der Waals surface area contributed by atoms with Gasteiger partial charge in [-0.15, -0.1) is 0 Å². The topological polar surface area (TPSA) is 36.9 Å². The van der Waals surface area contributed by atoms with Crippen molar-refractivity contribution in [3.8, 4) is 33.8 Å². The number of nitrogens with zero attached hydrogens (tertiary/aromatic N) is 1. The van der Waals surface area contributed by atoms with Crippen molar-refractivity contribution in [1.29, 1.82) is 0 Å². The second-order valence-electron chi connectivity index (χ2n) is 21.2. The molecular formula is C66H104BrNO4. The third-order valence-electron chi connectivity index (χ3n) is 14.3. The Morgan fingerprint density at radius 3 is 0.806 bits per heavy atom. The Kier molecular flexibility index (Phi) is 36.9. The van der Waals surface area contributed by atoms with Crippen LogP contribution in [0, 0.1) is 0 Å². The fourth-order valence-corrected chi connectivity index (χ4v) is 9.66. The van der Waals surface area contributed by atoms with E-state index in [-0.39, 0.29) is 21.8 Å². The predicted molar refractivity (Wildman–Crippen MR) is 305 cm³/mol. The van der Waals surface area contributed by atoms with Crippen LogP contribution < -0.4 is 26.5 Å². The zero-order chi connectivity index (χ0) is 50.1. The van der Waals surface area contributed by atoms with E-state index in [0.29, 0.717) is 0 Å². The average Bonchev–Trinajstić information content (AvgIpc) is 3.39. The van der Waals surface area contributed by atoms with Gasteiger partial charge in [0.25, 0.3) is 0 Å². The van der Waals surface area contributed by atoms with Crippen LogP contribution in [-0.4, -0.2) is 45.3 Å². The van der Waals surface area contributed by atoms with Gasteiger partial charge in [-0.2, -0.15) is 9.68 Å². The number of hydroxylamine groups is 4. The van der Waals surface area contributed by atoms with E-state index < -0.39 is 0 Å². The van der Waals surface area contributed by atoms with Gasteiger partial charge in [-0.05, 0) is 114 Å². The predicted octanol–water partition coefficient (Wildman–Crippen LogP) is 17.0. The standard InChI is InChI=1S/C66H104NO4.BrH/c1-5-7-9-11-13-21-27-33-55-68-65-51-47-63(48-52-65)61-43-39-59(40-44-61)37-31-25-19-15-17-23-29-35-57-70-67(3,4)71-58-36-30-24-18-16-20-26-32-38-60-41-45-62(46-42-60)64-49-53-66(54-50-64)69-56-34-28-22-14-12-10-8-6-2;/h39-54H,5-38,55-58H2,1-4H3;1H/q+1;/p-1. The van der Waals surface area contributed by atoms with E-state index in [0.717, 1.165) is 63.6 Å². The van der Waals surface area contributed by atoms with Crippen LogP contribution in [-0.2, 0) is 22.5 Å². The number of unbranched alkanes of at least 4 members (excludes halogenated alkanes) is 28. The number of aryl methyl sites for hydroxylation is 2. The summed E-state index contributed by atoms with van der Waals surface area (Å²) >= 11 is 0. The number of benzene rings is 4. The van der Waals surface area contributed by atoms with Crippen LogP contribution in [0.2, 0.25) is 0 Å². The van der Waals surface area contributed by atoms with Crippen molar-refractivity contribution in [3.63, 3.8) is 0 Å². The first-order valence-corrected chi connectivity index (χ1v) is 29.7. The summed E-state index contributed by atoms with van der Waals surface area (Å²) in [5.74, 6) is 1.97. The third-order valence-corrected chi connectivity index (χ3v) is 14.3. The van der Waals surface area contributed by atoms with Crippen molar-refractivity contribution >= 4 is 0 Å². The largest absolute Gasteiger partial charge is 1.00 e. The summed E-state index contributed by atoms with van der Waals surface area (Å²) in [6.45, 7) is 7.73. The summed E-state index contributed by atoms with van der Waals surface area (Å²) in [6.07, 6.45) is 44.1. The lowest BCUT2D eigenvalue weighted by molar-refractivity contribution is -1.22. The van der Waals surface area contributed by atoms with Crippen LogP contribution in [0.25, 0.3) is 22.3 Å². The highest BCUT2D eigenvalue weighted by Crippen LogP contribution is 2.26. The third kappa shape index (κ3) is 30.9. The number of ether oxygens (including phenoxy) is 2. The summed E-state index contributed by atoms with van der Waals surface area (Å²) in [5, 5.41) is 0. The zero-order valence-electron chi connectivity index (χ0n) is 46.6. The number of hydrogen-bond donors (Lipinski definition) is 0. The summed E-state index contributed by atoms with van der Waals surface area (Å²) in [4.78, 5) is 12.4. The number of quaternary nitrogens is 1. The average molecular weight is 1060 g/mol. The van der Waals surface area contributed by atoms with Crippen molar-refractivity contribution in [3.05, 3.63) is 108 Å². The normalized spacial score (nSPS) is 11.5. The summed E-state index contributed by atoms with van der Waals surface area (Å²) < 4.78 is 12.0. The van der Waals surface area contributed by atoms with Crippen molar-refractivity contribution in [2.24, 2.45) is 0 Å². The summed E-state index contributed by atoms with van der Waals surface area (Å²) in [5.41, 5.74) is 7.98. The molecule has 0 bridgehead atoms. The minimum Gasteiger partial charge on any atom is -1.00 e. The van der Waals surface area contributed by atoms with E-state index in [4.69, 9.17) is 19.1 Å². The van der Waals surface area contributed by atoms with Crippen molar-refractivity contribution in [2.75, 3.05) is 40.5 Å². The van der Waals surface area contributed by atoms with Crippen molar-refractivity contribution in [2.45, 2.75) is 232 Å². The molecule has 6 heteroatoms. The first kappa shape index (κ1) is 63.1. The molecule has 0 fully saturated rings. The maximum absolute atomic E-state index is 6.08. The lowest BCUT2D eigenvalue weighted by atomic mass is 10.0. The molecule has 0 N–H and O–H groups in total. The lowest BCUT2D eigenvalue weighted by Gasteiger charge is -2.24. The highest BCUT2D eigenvalue weighted by atomic mass is 79.9. The number of rotatable bonds is 46. The van der Waals surface area contributed by atoms with Gasteiger partial charge < -0.3 is 26.5 Å². The summed E-state index contributed by atoms with van der Waals surface area (Å²) in [6, 6.07) is 35.7. The molecule has 4 rings (SSSR count). The molecule has 0 atom stereocenters. The molecule has 0 aromatic heterocycles. The lowest BCUT2D eigenvalue weighted by Crippen LogP contribution is -3.00. The smallest absolute Gasteiger partial charge is 0.132 e. The van der Waals surface area contributed by atoms with E-state index in [1.54, 1.807) is 0 Å². The monoisotopic (exact) mass is 1050 g/mol. The Morgan fingerprint density at radius 1 is 0.278 bits per heavy atom. The fraction of sp³-hybridized carbons (Fsp3) is 0.636. The Morgan fingerprint density at radius 2 is 0.514 bits per heavy atom. The molecule has 0 aliphatic carbocycles.